The second kappa shape index (κ2) is 8.31. The van der Waals surface area contributed by atoms with Crippen LogP contribution in [0.4, 0.5) is 0 Å². The van der Waals surface area contributed by atoms with Crippen molar-refractivity contribution in [1.82, 2.24) is 24.8 Å². The van der Waals surface area contributed by atoms with Gasteiger partial charge in [0.15, 0.2) is 22.8 Å². The molecule has 1 atom stereocenters. The van der Waals surface area contributed by atoms with Gasteiger partial charge in [-0.25, -0.2) is 9.50 Å². The predicted molar refractivity (Wildman–Crippen MR) is 114 cm³/mol. The van der Waals surface area contributed by atoms with Gasteiger partial charge in [-0.3, -0.25) is 4.79 Å². The molecule has 0 aliphatic carbocycles. The first-order valence-corrected chi connectivity index (χ1v) is 10.1. The van der Waals surface area contributed by atoms with Crippen molar-refractivity contribution >= 4 is 11.6 Å². The van der Waals surface area contributed by atoms with Crippen molar-refractivity contribution in [1.29, 1.82) is 0 Å². The highest BCUT2D eigenvalue weighted by Crippen LogP contribution is 2.32. The third-order valence-electron chi connectivity index (χ3n) is 5.55. The van der Waals surface area contributed by atoms with E-state index in [0.717, 1.165) is 17.8 Å². The van der Waals surface area contributed by atoms with Crippen LogP contribution in [0.15, 0.2) is 36.5 Å². The van der Waals surface area contributed by atoms with Crippen LogP contribution in [-0.4, -0.2) is 65.3 Å². The molecule has 0 saturated carbocycles. The molecule has 1 aromatic carbocycles. The first-order valence-electron chi connectivity index (χ1n) is 10.1. The van der Waals surface area contributed by atoms with Crippen LogP contribution >= 0.6 is 0 Å². The Morgan fingerprint density at radius 3 is 2.70 bits per heavy atom. The highest BCUT2D eigenvalue weighted by molar-refractivity contribution is 5.93. The Hall–Kier alpha value is -3.13. The van der Waals surface area contributed by atoms with Crippen molar-refractivity contribution < 1.29 is 14.3 Å². The summed E-state index contributed by atoms with van der Waals surface area (Å²) in [6.45, 7) is 6.47. The number of fused-ring (bicyclic) bond motifs is 1. The average Bonchev–Trinajstić information content (AvgIpc) is 3.22. The molecule has 8 heteroatoms. The van der Waals surface area contributed by atoms with Crippen molar-refractivity contribution in [3.63, 3.8) is 0 Å². The van der Waals surface area contributed by atoms with Crippen LogP contribution in [0.3, 0.4) is 0 Å². The maximum atomic E-state index is 13.1. The number of nitrogens with zero attached hydrogens (tertiary/aromatic N) is 4. The monoisotopic (exact) mass is 409 g/mol. The van der Waals surface area contributed by atoms with Gasteiger partial charge >= 0.3 is 0 Å². The fourth-order valence-corrected chi connectivity index (χ4v) is 3.79. The first kappa shape index (κ1) is 20.2. The predicted octanol–water partition coefficient (Wildman–Crippen LogP) is 2.48. The SMILES string of the molecule is COc1ccc(-c2ccnc3cc(C(=O)N4CCN[C@@H](C(C)C)C4)nn23)cc1OC. The molecule has 1 N–H and O–H groups in total. The van der Waals surface area contributed by atoms with E-state index in [1.807, 2.05) is 29.2 Å². The lowest BCUT2D eigenvalue weighted by Crippen LogP contribution is -2.54. The summed E-state index contributed by atoms with van der Waals surface area (Å²) in [5.41, 5.74) is 2.74. The fraction of sp³-hybridized carbons (Fsp3) is 0.409. The van der Waals surface area contributed by atoms with Crippen LogP contribution in [0, 0.1) is 5.92 Å². The van der Waals surface area contributed by atoms with Crippen molar-refractivity contribution in [2.24, 2.45) is 5.92 Å². The second-order valence-electron chi connectivity index (χ2n) is 7.76. The molecule has 4 rings (SSSR count). The minimum atomic E-state index is -0.0640. The molecule has 1 saturated heterocycles. The van der Waals surface area contributed by atoms with E-state index >= 15 is 0 Å². The van der Waals surface area contributed by atoms with Gasteiger partial charge in [0.25, 0.3) is 5.91 Å². The molecule has 3 aromatic rings. The first-order chi connectivity index (χ1) is 14.5. The molecular formula is C22H27N5O3. The number of piperazine rings is 1. The highest BCUT2D eigenvalue weighted by atomic mass is 16.5. The number of aromatic nitrogens is 3. The van der Waals surface area contributed by atoms with Gasteiger partial charge in [0.1, 0.15) is 0 Å². The van der Waals surface area contributed by atoms with Gasteiger partial charge in [0.05, 0.1) is 19.9 Å². The van der Waals surface area contributed by atoms with E-state index in [0.29, 0.717) is 47.9 Å². The lowest BCUT2D eigenvalue weighted by atomic mass is 10.0. The Labute approximate surface area is 175 Å². The van der Waals surface area contributed by atoms with Crippen LogP contribution in [0.2, 0.25) is 0 Å². The quantitative estimate of drug-likeness (QED) is 0.697. The van der Waals surface area contributed by atoms with Crippen molar-refractivity contribution in [2.45, 2.75) is 19.9 Å². The minimum absolute atomic E-state index is 0.0640. The standard InChI is InChI=1S/C22H27N5O3/c1-14(2)17-13-26(10-9-23-17)22(28)16-12-21-24-8-7-18(27(21)25-16)15-5-6-19(29-3)20(11-15)30-4/h5-8,11-12,14,17,23H,9-10,13H2,1-4H3/t17-/m1/s1. The summed E-state index contributed by atoms with van der Waals surface area (Å²) in [5.74, 6) is 1.68. The average molecular weight is 409 g/mol. The second-order valence-corrected chi connectivity index (χ2v) is 7.76. The van der Waals surface area contributed by atoms with Crippen LogP contribution in [0.5, 0.6) is 11.5 Å². The number of nitrogens with one attached hydrogen (secondary N) is 1. The zero-order valence-corrected chi connectivity index (χ0v) is 17.8. The number of ether oxygens (including phenoxy) is 2. The van der Waals surface area contributed by atoms with Gasteiger partial charge in [-0.05, 0) is 30.2 Å². The van der Waals surface area contributed by atoms with Gasteiger partial charge in [-0.15, -0.1) is 0 Å². The van der Waals surface area contributed by atoms with Crippen LogP contribution < -0.4 is 14.8 Å². The molecule has 3 heterocycles. The topological polar surface area (TPSA) is 81.0 Å². The number of amides is 1. The molecule has 1 aliphatic heterocycles. The lowest BCUT2D eigenvalue weighted by Gasteiger charge is -2.35. The Kier molecular flexibility index (Phi) is 5.59. The Bertz CT molecular complexity index is 1060. The number of carbonyl (C=O) groups excluding carboxylic acids is 1. The van der Waals surface area contributed by atoms with E-state index < -0.39 is 0 Å². The normalized spacial score (nSPS) is 16.8. The van der Waals surface area contributed by atoms with Gasteiger partial charge in [-0.2, -0.15) is 5.10 Å². The van der Waals surface area contributed by atoms with Crippen LogP contribution in [-0.2, 0) is 0 Å². The molecule has 0 spiro atoms. The van der Waals surface area contributed by atoms with Crippen molar-refractivity contribution in [2.75, 3.05) is 33.9 Å². The van der Waals surface area contributed by atoms with Crippen molar-refractivity contribution in [3.8, 4) is 22.8 Å². The molecule has 0 unspecified atom stereocenters. The Morgan fingerprint density at radius 2 is 1.97 bits per heavy atom. The number of hydrogen-bond acceptors (Lipinski definition) is 6. The van der Waals surface area contributed by atoms with E-state index in [-0.39, 0.29) is 5.91 Å². The third kappa shape index (κ3) is 3.70. The molecule has 2 aromatic heterocycles. The molecular weight excluding hydrogens is 382 g/mol. The number of methoxy groups -OCH3 is 2. The molecule has 1 fully saturated rings. The Morgan fingerprint density at radius 1 is 1.17 bits per heavy atom. The minimum Gasteiger partial charge on any atom is -0.493 e. The van der Waals surface area contributed by atoms with E-state index in [1.54, 1.807) is 31.0 Å². The fourth-order valence-electron chi connectivity index (χ4n) is 3.79. The van der Waals surface area contributed by atoms with Gasteiger partial charge in [0, 0.05) is 43.5 Å². The summed E-state index contributed by atoms with van der Waals surface area (Å²) >= 11 is 0. The maximum Gasteiger partial charge on any atom is 0.274 e. The summed E-state index contributed by atoms with van der Waals surface area (Å²) in [6, 6.07) is 9.58. The number of rotatable bonds is 5. The molecule has 0 bridgehead atoms. The summed E-state index contributed by atoms with van der Waals surface area (Å²) in [7, 11) is 3.21. The smallest absolute Gasteiger partial charge is 0.274 e. The van der Waals surface area contributed by atoms with E-state index in [2.05, 4.69) is 29.2 Å². The molecule has 158 valence electrons. The molecule has 1 aliphatic rings. The number of hydrogen-bond donors (Lipinski definition) is 1. The zero-order chi connectivity index (χ0) is 21.3. The van der Waals surface area contributed by atoms with E-state index in [9.17, 15) is 4.79 Å². The molecule has 0 radical (unpaired) electrons. The van der Waals surface area contributed by atoms with E-state index in [4.69, 9.17) is 9.47 Å². The lowest BCUT2D eigenvalue weighted by molar-refractivity contribution is 0.0677. The summed E-state index contributed by atoms with van der Waals surface area (Å²) in [6.07, 6.45) is 1.72. The third-order valence-corrected chi connectivity index (χ3v) is 5.55. The van der Waals surface area contributed by atoms with Crippen molar-refractivity contribution in [3.05, 3.63) is 42.2 Å². The summed E-state index contributed by atoms with van der Waals surface area (Å²) in [5, 5.41) is 8.08. The van der Waals surface area contributed by atoms with E-state index in [1.165, 1.54) is 0 Å². The van der Waals surface area contributed by atoms with Gasteiger partial charge in [0.2, 0.25) is 0 Å². The molecule has 1 amide bonds. The molecule has 8 nitrogen and oxygen atoms in total. The zero-order valence-electron chi connectivity index (χ0n) is 17.8. The van der Waals surface area contributed by atoms with Crippen LogP contribution in [0.25, 0.3) is 16.9 Å². The largest absolute Gasteiger partial charge is 0.493 e. The highest BCUT2D eigenvalue weighted by Gasteiger charge is 2.27. The summed E-state index contributed by atoms with van der Waals surface area (Å²) < 4.78 is 12.5. The summed E-state index contributed by atoms with van der Waals surface area (Å²) in [4.78, 5) is 19.4. The number of benzene rings is 1. The number of carbonyl (C=O) groups is 1. The Balaban J connectivity index is 1.68. The van der Waals surface area contributed by atoms with Gasteiger partial charge < -0.3 is 19.7 Å². The van der Waals surface area contributed by atoms with Crippen LogP contribution in [0.1, 0.15) is 24.3 Å². The molecule has 30 heavy (non-hydrogen) atoms. The van der Waals surface area contributed by atoms with Gasteiger partial charge in [-0.1, -0.05) is 13.8 Å². The maximum absolute atomic E-state index is 13.1.